The van der Waals surface area contributed by atoms with Crippen LogP contribution in [0.5, 0.6) is 0 Å². The SMILES string of the molecule is COC(=O)C1=CN(c2cccc(C#N)c2)c2cc(F)ccc2S1(=O)=O. The molecule has 0 atom stereocenters. The Labute approximate surface area is 143 Å². The van der Waals surface area contributed by atoms with Crippen molar-refractivity contribution in [1.29, 1.82) is 5.26 Å². The molecule has 0 fully saturated rings. The molecule has 0 N–H and O–H groups in total. The number of benzene rings is 2. The number of nitrogens with zero attached hydrogens (tertiary/aromatic N) is 2. The zero-order valence-electron chi connectivity index (χ0n) is 12.9. The number of hydrogen-bond donors (Lipinski definition) is 0. The summed E-state index contributed by atoms with van der Waals surface area (Å²) >= 11 is 0. The monoisotopic (exact) mass is 358 g/mol. The molecule has 2 aromatic rings. The van der Waals surface area contributed by atoms with Crippen LogP contribution in [-0.4, -0.2) is 21.5 Å². The number of rotatable bonds is 2. The van der Waals surface area contributed by atoms with Gasteiger partial charge in [-0.15, -0.1) is 0 Å². The Morgan fingerprint density at radius 2 is 2.00 bits per heavy atom. The predicted molar refractivity (Wildman–Crippen MR) is 87.0 cm³/mol. The Morgan fingerprint density at radius 3 is 2.68 bits per heavy atom. The highest BCUT2D eigenvalue weighted by atomic mass is 32.2. The van der Waals surface area contributed by atoms with E-state index < -0.39 is 26.5 Å². The fourth-order valence-electron chi connectivity index (χ4n) is 2.48. The van der Waals surface area contributed by atoms with E-state index in [1.165, 1.54) is 11.0 Å². The third kappa shape index (κ3) is 2.75. The summed E-state index contributed by atoms with van der Waals surface area (Å²) in [7, 11) is -3.09. The van der Waals surface area contributed by atoms with Gasteiger partial charge in [-0.25, -0.2) is 17.6 Å². The number of halogens is 1. The normalized spacial score (nSPS) is 14.9. The van der Waals surface area contributed by atoms with Gasteiger partial charge in [0.1, 0.15) is 5.82 Å². The maximum Gasteiger partial charge on any atom is 0.351 e. The van der Waals surface area contributed by atoms with E-state index in [0.717, 1.165) is 31.5 Å². The molecule has 1 heterocycles. The highest BCUT2D eigenvalue weighted by Gasteiger charge is 2.36. The molecule has 0 saturated carbocycles. The number of esters is 1. The van der Waals surface area contributed by atoms with Gasteiger partial charge in [0.2, 0.25) is 9.84 Å². The minimum absolute atomic E-state index is 0.0442. The summed E-state index contributed by atoms with van der Waals surface area (Å²) < 4.78 is 43.6. The van der Waals surface area contributed by atoms with Crippen LogP contribution in [0.25, 0.3) is 0 Å². The fourth-order valence-corrected chi connectivity index (χ4v) is 3.95. The molecule has 8 heteroatoms. The van der Waals surface area contributed by atoms with Crippen molar-refractivity contribution in [1.82, 2.24) is 0 Å². The molecule has 1 aliphatic rings. The van der Waals surface area contributed by atoms with Crippen molar-refractivity contribution in [2.45, 2.75) is 4.90 Å². The van der Waals surface area contributed by atoms with E-state index in [1.54, 1.807) is 18.2 Å². The number of fused-ring (bicyclic) bond motifs is 1. The summed E-state index contributed by atoms with van der Waals surface area (Å²) in [5.41, 5.74) is 0.779. The van der Waals surface area contributed by atoms with Gasteiger partial charge in [0.15, 0.2) is 4.91 Å². The molecule has 3 rings (SSSR count). The van der Waals surface area contributed by atoms with Gasteiger partial charge in [0.05, 0.1) is 29.3 Å². The number of anilines is 2. The van der Waals surface area contributed by atoms with Crippen molar-refractivity contribution in [2.75, 3.05) is 12.0 Å². The van der Waals surface area contributed by atoms with Crippen molar-refractivity contribution >= 4 is 27.2 Å². The summed E-state index contributed by atoms with van der Waals surface area (Å²) in [6.45, 7) is 0. The molecule has 0 bridgehead atoms. The standard InChI is InChI=1S/C17H11FN2O4S/c1-24-17(21)16-10-20(13-4-2-3-11(7-13)9-19)14-8-12(18)5-6-15(14)25(16,22)23/h2-8,10H,1H3. The van der Waals surface area contributed by atoms with Crippen LogP contribution in [0, 0.1) is 17.1 Å². The van der Waals surface area contributed by atoms with Crippen LogP contribution in [0.2, 0.25) is 0 Å². The lowest BCUT2D eigenvalue weighted by molar-refractivity contribution is -0.135. The highest BCUT2D eigenvalue weighted by Crippen LogP contribution is 2.40. The summed E-state index contributed by atoms with van der Waals surface area (Å²) in [5, 5.41) is 9.05. The predicted octanol–water partition coefficient (Wildman–Crippen LogP) is 2.64. The van der Waals surface area contributed by atoms with Gasteiger partial charge in [-0.05, 0) is 36.4 Å². The molecule has 0 radical (unpaired) electrons. The van der Waals surface area contributed by atoms with E-state index in [-0.39, 0.29) is 10.6 Å². The molecular formula is C17H11FN2O4S. The van der Waals surface area contributed by atoms with E-state index in [1.807, 2.05) is 6.07 Å². The Hall–Kier alpha value is -3.18. The first-order valence-corrected chi connectivity index (χ1v) is 8.51. The summed E-state index contributed by atoms with van der Waals surface area (Å²) in [5.74, 6) is -1.67. The topological polar surface area (TPSA) is 87.5 Å². The van der Waals surface area contributed by atoms with Gasteiger partial charge in [-0.1, -0.05) is 6.07 Å². The van der Waals surface area contributed by atoms with Crippen molar-refractivity contribution in [3.63, 3.8) is 0 Å². The largest absolute Gasteiger partial charge is 0.465 e. The lowest BCUT2D eigenvalue weighted by Crippen LogP contribution is -2.26. The maximum atomic E-state index is 13.7. The molecule has 0 aromatic heterocycles. The number of nitriles is 1. The first kappa shape index (κ1) is 16.7. The van der Waals surface area contributed by atoms with Gasteiger partial charge in [0, 0.05) is 11.9 Å². The number of carbonyl (C=O) groups excluding carboxylic acids is 1. The summed E-state index contributed by atoms with van der Waals surface area (Å²) in [6.07, 6.45) is 1.07. The second kappa shape index (κ2) is 6.03. The molecular weight excluding hydrogens is 347 g/mol. The van der Waals surface area contributed by atoms with Crippen LogP contribution in [0.1, 0.15) is 5.56 Å². The Kier molecular flexibility index (Phi) is 4.02. The lowest BCUT2D eigenvalue weighted by atomic mass is 10.2. The van der Waals surface area contributed by atoms with E-state index in [0.29, 0.717) is 11.3 Å². The molecule has 0 saturated heterocycles. The van der Waals surface area contributed by atoms with Crippen LogP contribution >= 0.6 is 0 Å². The van der Waals surface area contributed by atoms with E-state index >= 15 is 0 Å². The second-order valence-corrected chi connectivity index (χ2v) is 7.02. The smallest absolute Gasteiger partial charge is 0.351 e. The van der Waals surface area contributed by atoms with Gasteiger partial charge in [-0.2, -0.15) is 5.26 Å². The number of ether oxygens (including phenoxy) is 1. The Bertz CT molecular complexity index is 1050. The molecule has 1 aliphatic heterocycles. The van der Waals surface area contributed by atoms with E-state index in [2.05, 4.69) is 4.74 Å². The molecule has 2 aromatic carbocycles. The number of methoxy groups -OCH3 is 1. The number of hydrogen-bond acceptors (Lipinski definition) is 6. The zero-order valence-corrected chi connectivity index (χ0v) is 13.7. The average molecular weight is 358 g/mol. The molecule has 0 amide bonds. The molecule has 0 aliphatic carbocycles. The van der Waals surface area contributed by atoms with Crippen LogP contribution in [0.4, 0.5) is 15.8 Å². The van der Waals surface area contributed by atoms with Gasteiger partial charge in [0.25, 0.3) is 0 Å². The molecule has 6 nitrogen and oxygen atoms in total. The first-order valence-electron chi connectivity index (χ1n) is 7.02. The molecule has 0 spiro atoms. The summed E-state index contributed by atoms with van der Waals surface area (Å²) in [4.78, 5) is 12.5. The van der Waals surface area contributed by atoms with Crippen molar-refractivity contribution in [3.05, 3.63) is 65.0 Å². The molecule has 126 valence electrons. The van der Waals surface area contributed by atoms with E-state index in [9.17, 15) is 17.6 Å². The fraction of sp³-hybridized carbons (Fsp3) is 0.0588. The third-order valence-electron chi connectivity index (χ3n) is 3.65. The van der Waals surface area contributed by atoms with Crippen LogP contribution in [-0.2, 0) is 19.4 Å². The van der Waals surface area contributed by atoms with Gasteiger partial charge in [-0.3, -0.25) is 0 Å². The third-order valence-corrected chi connectivity index (χ3v) is 5.42. The summed E-state index contributed by atoms with van der Waals surface area (Å²) in [6, 6.07) is 11.4. The van der Waals surface area contributed by atoms with Crippen LogP contribution in [0.3, 0.4) is 0 Å². The van der Waals surface area contributed by atoms with Crippen molar-refractivity contribution < 1.29 is 22.3 Å². The van der Waals surface area contributed by atoms with Crippen molar-refractivity contribution in [2.24, 2.45) is 0 Å². The zero-order chi connectivity index (χ0) is 18.2. The molecule has 0 unspecified atom stereocenters. The van der Waals surface area contributed by atoms with Gasteiger partial charge >= 0.3 is 5.97 Å². The number of sulfone groups is 1. The van der Waals surface area contributed by atoms with Crippen molar-refractivity contribution in [3.8, 4) is 6.07 Å². The van der Waals surface area contributed by atoms with Gasteiger partial charge < -0.3 is 9.64 Å². The number of carbonyl (C=O) groups is 1. The molecule has 25 heavy (non-hydrogen) atoms. The Morgan fingerprint density at radius 1 is 1.24 bits per heavy atom. The Balaban J connectivity index is 2.31. The quantitative estimate of drug-likeness (QED) is 0.606. The highest BCUT2D eigenvalue weighted by molar-refractivity contribution is 7.96. The average Bonchev–Trinajstić information content (AvgIpc) is 2.61. The first-order chi connectivity index (χ1) is 11.9. The maximum absolute atomic E-state index is 13.7. The van der Waals surface area contributed by atoms with Crippen LogP contribution in [0.15, 0.2) is 58.5 Å². The lowest BCUT2D eigenvalue weighted by Gasteiger charge is -2.28. The van der Waals surface area contributed by atoms with E-state index in [4.69, 9.17) is 5.26 Å². The minimum atomic E-state index is -4.15. The van der Waals surface area contributed by atoms with Crippen LogP contribution < -0.4 is 4.90 Å². The minimum Gasteiger partial charge on any atom is -0.465 e. The second-order valence-electron chi connectivity index (χ2n) is 5.13.